The molecule has 0 radical (unpaired) electrons. The Morgan fingerprint density at radius 1 is 1.40 bits per heavy atom. The largest absolute Gasteiger partial charge is 0.485 e. The molecule has 0 saturated heterocycles. The molecule has 0 bridgehead atoms. The lowest BCUT2D eigenvalue weighted by molar-refractivity contribution is -0.119. The molecule has 0 aliphatic carbocycles. The zero-order valence-electron chi connectivity index (χ0n) is 11.2. The van der Waals surface area contributed by atoms with Crippen molar-refractivity contribution in [1.82, 2.24) is 4.98 Å². The maximum Gasteiger partial charge on any atom is 0.244 e. The molecule has 110 valence electrons. The Labute approximate surface area is 125 Å². The van der Waals surface area contributed by atoms with Gasteiger partial charge in [-0.25, -0.2) is 13.4 Å². The van der Waals surface area contributed by atoms with Crippen LogP contribution < -0.4 is 4.74 Å². The maximum atomic E-state index is 11.5. The number of halogens is 1. The van der Waals surface area contributed by atoms with Crippen LogP contribution in [-0.4, -0.2) is 32.1 Å². The van der Waals surface area contributed by atoms with E-state index in [1.165, 1.54) is 12.3 Å². The topological polar surface area (TPSA) is 74.7 Å². The van der Waals surface area contributed by atoms with E-state index in [2.05, 4.69) is 20.9 Å². The zero-order chi connectivity index (χ0) is 15.0. The van der Waals surface area contributed by atoms with Crippen LogP contribution in [0.4, 0.5) is 0 Å². The van der Waals surface area contributed by atoms with Gasteiger partial charge in [0.25, 0.3) is 0 Å². The van der Waals surface area contributed by atoms with Crippen molar-refractivity contribution in [3.8, 4) is 5.75 Å². The van der Waals surface area contributed by atoms with Crippen molar-refractivity contribution in [3.05, 3.63) is 28.8 Å². The third kappa shape index (κ3) is 3.86. The fourth-order valence-corrected chi connectivity index (χ4v) is 2.64. The lowest BCUT2D eigenvalue weighted by atomic mass is 10.4. The second-order valence-corrected chi connectivity index (χ2v) is 7.50. The average molecular weight is 364 g/mol. The number of aromatic nitrogens is 1. The molecule has 8 heteroatoms. The van der Waals surface area contributed by atoms with E-state index < -0.39 is 15.6 Å². The van der Waals surface area contributed by atoms with Crippen molar-refractivity contribution < 1.29 is 22.6 Å². The molecule has 0 fully saturated rings. The van der Waals surface area contributed by atoms with Gasteiger partial charge >= 0.3 is 0 Å². The Kier molecular flexibility index (Phi) is 3.97. The van der Waals surface area contributed by atoms with Crippen molar-refractivity contribution in [2.24, 2.45) is 0 Å². The van der Waals surface area contributed by atoms with Crippen LogP contribution >= 0.6 is 15.9 Å². The van der Waals surface area contributed by atoms with E-state index in [0.717, 1.165) is 6.26 Å². The van der Waals surface area contributed by atoms with Gasteiger partial charge in [0.05, 0.1) is 0 Å². The highest BCUT2D eigenvalue weighted by atomic mass is 79.9. The normalized spacial score (nSPS) is 17.1. The second kappa shape index (κ2) is 5.25. The number of hydrogen-bond donors (Lipinski definition) is 0. The minimum absolute atomic E-state index is 0.0558. The molecule has 1 aliphatic heterocycles. The molecule has 0 aromatic carbocycles. The summed E-state index contributed by atoms with van der Waals surface area (Å²) in [6, 6.07) is 2.94. The Morgan fingerprint density at radius 3 is 2.65 bits per heavy atom. The third-order valence-corrected chi connectivity index (χ3v) is 3.73. The predicted octanol–water partition coefficient (Wildman–Crippen LogP) is 2.25. The molecule has 0 saturated carbocycles. The molecule has 0 N–H and O–H groups in total. The van der Waals surface area contributed by atoms with Gasteiger partial charge in [0.2, 0.25) is 5.79 Å². The first-order valence-corrected chi connectivity index (χ1v) is 8.40. The fourth-order valence-electron chi connectivity index (χ4n) is 1.51. The van der Waals surface area contributed by atoms with Gasteiger partial charge in [-0.2, -0.15) is 0 Å². The van der Waals surface area contributed by atoms with Crippen LogP contribution in [0.3, 0.4) is 0 Å². The summed E-state index contributed by atoms with van der Waals surface area (Å²) in [5.41, 5.74) is 0. The van der Waals surface area contributed by atoms with Gasteiger partial charge in [-0.05, 0) is 15.9 Å². The number of nitrogens with zero attached hydrogens (tertiary/aromatic N) is 1. The van der Waals surface area contributed by atoms with Gasteiger partial charge in [-0.15, -0.1) is 0 Å². The smallest absolute Gasteiger partial charge is 0.244 e. The van der Waals surface area contributed by atoms with Crippen molar-refractivity contribution in [1.29, 1.82) is 0 Å². The highest BCUT2D eigenvalue weighted by molar-refractivity contribution is 9.10. The van der Waals surface area contributed by atoms with Gasteiger partial charge in [-0.3, -0.25) is 0 Å². The van der Waals surface area contributed by atoms with Gasteiger partial charge in [0.15, 0.2) is 20.6 Å². The van der Waals surface area contributed by atoms with Gasteiger partial charge in [0.1, 0.15) is 23.2 Å². The monoisotopic (exact) mass is 363 g/mol. The van der Waals surface area contributed by atoms with Crippen LogP contribution in [-0.2, 0) is 19.3 Å². The Morgan fingerprint density at radius 2 is 2.10 bits per heavy atom. The van der Waals surface area contributed by atoms with Crippen molar-refractivity contribution in [2.75, 3.05) is 12.9 Å². The number of rotatable bonds is 4. The zero-order valence-corrected chi connectivity index (χ0v) is 13.6. The van der Waals surface area contributed by atoms with E-state index in [0.29, 0.717) is 16.1 Å². The van der Waals surface area contributed by atoms with Crippen LogP contribution in [0.15, 0.2) is 33.8 Å². The summed E-state index contributed by atoms with van der Waals surface area (Å²) in [7, 11) is -3.40. The summed E-state index contributed by atoms with van der Waals surface area (Å²) in [5, 5.41) is -0.0558. The SMILES string of the molecule is CC1(C)OC=C(COc2cc(Br)nc(S(C)(=O)=O)c2)O1. The molecule has 0 spiro atoms. The van der Waals surface area contributed by atoms with E-state index in [1.807, 2.05) is 0 Å². The Bertz CT molecular complexity index is 654. The summed E-state index contributed by atoms with van der Waals surface area (Å²) in [5.74, 6) is 0.209. The number of ether oxygens (including phenoxy) is 3. The molecule has 0 amide bonds. The molecule has 0 unspecified atom stereocenters. The Hall–Kier alpha value is -1.28. The van der Waals surface area contributed by atoms with Crippen molar-refractivity contribution in [2.45, 2.75) is 24.7 Å². The molecular weight excluding hydrogens is 350 g/mol. The molecule has 1 aromatic heterocycles. The van der Waals surface area contributed by atoms with Crippen molar-refractivity contribution in [3.63, 3.8) is 0 Å². The fraction of sp³-hybridized carbons (Fsp3) is 0.417. The predicted molar refractivity (Wildman–Crippen MR) is 74.9 cm³/mol. The molecule has 1 aromatic rings. The van der Waals surface area contributed by atoms with E-state index >= 15 is 0 Å². The summed E-state index contributed by atoms with van der Waals surface area (Å²) in [6.45, 7) is 3.70. The first-order chi connectivity index (χ1) is 9.16. The molecule has 20 heavy (non-hydrogen) atoms. The summed E-state index contributed by atoms with van der Waals surface area (Å²) in [6.07, 6.45) is 2.57. The van der Waals surface area contributed by atoms with Crippen LogP contribution in [0.5, 0.6) is 5.75 Å². The summed E-state index contributed by atoms with van der Waals surface area (Å²) >= 11 is 3.15. The van der Waals surface area contributed by atoms with E-state index in [4.69, 9.17) is 14.2 Å². The van der Waals surface area contributed by atoms with Crippen LogP contribution in [0, 0.1) is 0 Å². The van der Waals surface area contributed by atoms with Gasteiger partial charge in [0, 0.05) is 32.2 Å². The van der Waals surface area contributed by atoms with Gasteiger partial charge in [-0.1, -0.05) is 0 Å². The number of hydrogen-bond acceptors (Lipinski definition) is 6. The minimum Gasteiger partial charge on any atom is -0.485 e. The molecule has 0 atom stereocenters. The van der Waals surface area contributed by atoms with Crippen LogP contribution in [0.25, 0.3) is 0 Å². The maximum absolute atomic E-state index is 11.5. The van der Waals surface area contributed by atoms with Crippen molar-refractivity contribution >= 4 is 25.8 Å². The first kappa shape index (κ1) is 15.1. The summed E-state index contributed by atoms with van der Waals surface area (Å²) < 4.78 is 39.6. The minimum atomic E-state index is -3.40. The molecule has 2 rings (SSSR count). The van der Waals surface area contributed by atoms with Gasteiger partial charge < -0.3 is 14.2 Å². The van der Waals surface area contributed by atoms with E-state index in [-0.39, 0.29) is 11.6 Å². The van der Waals surface area contributed by atoms with Crippen LogP contribution in [0.2, 0.25) is 0 Å². The summed E-state index contributed by atoms with van der Waals surface area (Å²) in [4.78, 5) is 3.89. The molecule has 6 nitrogen and oxygen atoms in total. The number of pyridine rings is 1. The highest BCUT2D eigenvalue weighted by Gasteiger charge is 2.27. The highest BCUT2D eigenvalue weighted by Crippen LogP contribution is 2.26. The first-order valence-electron chi connectivity index (χ1n) is 5.72. The average Bonchev–Trinajstić information content (AvgIpc) is 2.64. The third-order valence-electron chi connectivity index (χ3n) is 2.36. The second-order valence-electron chi connectivity index (χ2n) is 4.73. The lowest BCUT2D eigenvalue weighted by Gasteiger charge is -2.18. The molecular formula is C12H14BrNO5S. The molecule has 2 heterocycles. The van der Waals surface area contributed by atoms with Crippen LogP contribution in [0.1, 0.15) is 13.8 Å². The lowest BCUT2D eigenvalue weighted by Crippen LogP contribution is -2.21. The quantitative estimate of drug-likeness (QED) is 0.763. The van der Waals surface area contributed by atoms with E-state index in [9.17, 15) is 8.42 Å². The standard InChI is InChI=1S/C12H14BrNO5S/c1-12(2)18-7-9(19-12)6-17-8-4-10(13)14-11(5-8)20(3,15)16/h4-5,7H,6H2,1-3H3. The number of sulfone groups is 1. The van der Waals surface area contributed by atoms with E-state index in [1.54, 1.807) is 19.9 Å². The Balaban J connectivity index is 2.09. The molecule has 1 aliphatic rings.